The van der Waals surface area contributed by atoms with Crippen molar-refractivity contribution in [1.29, 1.82) is 0 Å². The topological polar surface area (TPSA) is 72.9 Å². The van der Waals surface area contributed by atoms with Crippen LogP contribution in [0.4, 0.5) is 0 Å². The van der Waals surface area contributed by atoms with Crippen LogP contribution in [0.1, 0.15) is 48.1 Å². The largest absolute Gasteiger partial charge is 0.454 e. The van der Waals surface area contributed by atoms with Gasteiger partial charge in [0.1, 0.15) is 0 Å². The van der Waals surface area contributed by atoms with Crippen molar-refractivity contribution in [2.24, 2.45) is 5.41 Å². The van der Waals surface area contributed by atoms with Gasteiger partial charge >= 0.3 is 0 Å². The molecular weight excluding hydrogens is 430 g/mol. The van der Waals surface area contributed by atoms with E-state index in [4.69, 9.17) is 9.47 Å². The Bertz CT molecular complexity index is 1410. The number of likely N-dealkylation sites (N-methyl/N-ethyl adjacent to an activating group) is 1. The first kappa shape index (κ1) is 19.7. The number of ether oxygens (including phenoxy) is 2. The van der Waals surface area contributed by atoms with Crippen LogP contribution in [0.25, 0.3) is 0 Å². The van der Waals surface area contributed by atoms with Crippen LogP contribution < -0.4 is 9.47 Å². The number of benzene rings is 3. The number of Topliss-reactive ketones (excluding diaryl/α,β-unsaturated/α-hetero) is 3. The fraction of sp³-hybridized carbons (Fsp3) is 0.250. The molecule has 2 heterocycles. The Hall–Kier alpha value is -3.77. The molecule has 168 valence electrons. The van der Waals surface area contributed by atoms with Crippen molar-refractivity contribution < 1.29 is 23.9 Å². The monoisotopic (exact) mass is 451 g/mol. The fourth-order valence-electron chi connectivity index (χ4n) is 6.96. The average Bonchev–Trinajstić information content (AvgIpc) is 3.57. The summed E-state index contributed by atoms with van der Waals surface area (Å²) in [5, 5.41) is 0. The molecular formula is C28H21NO5. The van der Waals surface area contributed by atoms with E-state index in [2.05, 4.69) is 0 Å². The standard InChI is InChI=1S/C28H21NO5/c1-29-14-21(20-11-6-12-22-23(20)34-15-33-22)27(13-16-7-2-3-8-17(16)24(27)30)28(29)25(31)18-9-4-5-10-19(18)26(28)32/h2-12,21H,13-15H2,1H3. The minimum atomic E-state index is -1.61. The van der Waals surface area contributed by atoms with E-state index < -0.39 is 16.9 Å². The molecule has 0 saturated carbocycles. The number of hydrogen-bond donors (Lipinski definition) is 0. The molecule has 0 aromatic heterocycles. The van der Waals surface area contributed by atoms with Crippen molar-refractivity contribution in [1.82, 2.24) is 4.90 Å². The second-order valence-electron chi connectivity index (χ2n) is 9.56. The summed E-state index contributed by atoms with van der Waals surface area (Å²) in [5.41, 5.74) is 0.134. The lowest BCUT2D eigenvalue weighted by atomic mass is 9.58. The van der Waals surface area contributed by atoms with Crippen LogP contribution in [-0.4, -0.2) is 48.2 Å². The lowest BCUT2D eigenvalue weighted by Gasteiger charge is -2.42. The Kier molecular flexibility index (Phi) is 3.72. The molecule has 2 aliphatic carbocycles. The lowest BCUT2D eigenvalue weighted by molar-refractivity contribution is 0.0339. The number of carbonyl (C=O) groups excluding carboxylic acids is 3. The second-order valence-corrected chi connectivity index (χ2v) is 9.56. The molecule has 3 aromatic carbocycles. The third-order valence-electron chi connectivity index (χ3n) is 8.28. The van der Waals surface area contributed by atoms with Crippen LogP contribution in [0.5, 0.6) is 11.5 Å². The highest BCUT2D eigenvalue weighted by molar-refractivity contribution is 6.36. The van der Waals surface area contributed by atoms with Crippen molar-refractivity contribution in [3.05, 3.63) is 94.5 Å². The third-order valence-corrected chi connectivity index (χ3v) is 8.28. The molecule has 7 rings (SSSR count). The zero-order valence-electron chi connectivity index (χ0n) is 18.5. The average molecular weight is 451 g/mol. The molecule has 6 nitrogen and oxygen atoms in total. The number of ketones is 3. The molecule has 4 aliphatic rings. The van der Waals surface area contributed by atoms with E-state index in [9.17, 15) is 14.4 Å². The highest BCUT2D eigenvalue weighted by Gasteiger charge is 2.77. The van der Waals surface area contributed by atoms with Gasteiger partial charge in [0.05, 0.1) is 5.41 Å². The van der Waals surface area contributed by atoms with Crippen LogP contribution in [0, 0.1) is 5.41 Å². The summed E-state index contributed by atoms with van der Waals surface area (Å²) in [4.78, 5) is 44.7. The number of nitrogens with zero attached hydrogens (tertiary/aromatic N) is 1. The summed E-state index contributed by atoms with van der Waals surface area (Å²) in [5.74, 6) is 0.0517. The maximum atomic E-state index is 14.5. The van der Waals surface area contributed by atoms with Gasteiger partial charge in [0.2, 0.25) is 6.79 Å². The smallest absolute Gasteiger partial charge is 0.231 e. The van der Waals surface area contributed by atoms with E-state index in [0.29, 0.717) is 41.2 Å². The van der Waals surface area contributed by atoms with E-state index >= 15 is 0 Å². The molecule has 2 aliphatic heterocycles. The SMILES string of the molecule is CN1CC(c2cccc3c2OCO3)C2(Cc3ccccc3C2=O)C12C(=O)c1ccccc1C2=O. The molecule has 0 amide bonds. The van der Waals surface area contributed by atoms with Crippen LogP contribution in [0.2, 0.25) is 0 Å². The second kappa shape index (κ2) is 6.42. The van der Waals surface area contributed by atoms with Crippen molar-refractivity contribution in [3.63, 3.8) is 0 Å². The van der Waals surface area contributed by atoms with Gasteiger partial charge in [-0.05, 0) is 25.1 Å². The van der Waals surface area contributed by atoms with Crippen molar-refractivity contribution in [2.75, 3.05) is 20.4 Å². The molecule has 3 aromatic rings. The minimum Gasteiger partial charge on any atom is -0.454 e. The first-order valence-electron chi connectivity index (χ1n) is 11.4. The number of fused-ring (bicyclic) bond motifs is 4. The van der Waals surface area contributed by atoms with Crippen LogP contribution in [0.3, 0.4) is 0 Å². The lowest BCUT2D eigenvalue weighted by Crippen LogP contribution is -2.63. The summed E-state index contributed by atoms with van der Waals surface area (Å²) >= 11 is 0. The highest BCUT2D eigenvalue weighted by atomic mass is 16.7. The van der Waals surface area contributed by atoms with Gasteiger partial charge in [-0.15, -0.1) is 0 Å². The zero-order chi connectivity index (χ0) is 23.2. The number of carbonyl (C=O) groups is 3. The fourth-order valence-corrected chi connectivity index (χ4v) is 6.96. The van der Waals surface area contributed by atoms with Gasteiger partial charge in [-0.2, -0.15) is 0 Å². The van der Waals surface area contributed by atoms with Gasteiger partial charge in [0, 0.05) is 34.7 Å². The molecule has 1 saturated heterocycles. The first-order chi connectivity index (χ1) is 16.5. The highest BCUT2D eigenvalue weighted by Crippen LogP contribution is 2.64. The van der Waals surface area contributed by atoms with E-state index in [-0.39, 0.29) is 24.1 Å². The predicted octanol–water partition coefficient (Wildman–Crippen LogP) is 3.69. The van der Waals surface area contributed by atoms with Crippen LogP contribution >= 0.6 is 0 Å². The van der Waals surface area contributed by atoms with Gasteiger partial charge < -0.3 is 9.47 Å². The van der Waals surface area contributed by atoms with E-state index in [1.54, 1.807) is 31.3 Å². The molecule has 2 spiro atoms. The molecule has 0 radical (unpaired) electrons. The van der Waals surface area contributed by atoms with E-state index in [0.717, 1.165) is 11.1 Å². The predicted molar refractivity (Wildman–Crippen MR) is 123 cm³/mol. The van der Waals surface area contributed by atoms with Crippen molar-refractivity contribution in [2.45, 2.75) is 17.9 Å². The number of hydrogen-bond acceptors (Lipinski definition) is 6. The van der Waals surface area contributed by atoms with E-state index in [1.165, 1.54) is 0 Å². The van der Waals surface area contributed by atoms with Gasteiger partial charge in [0.15, 0.2) is 34.4 Å². The quantitative estimate of drug-likeness (QED) is 0.526. The summed E-state index contributed by atoms with van der Waals surface area (Å²) < 4.78 is 11.5. The Balaban J connectivity index is 1.54. The molecule has 0 N–H and O–H groups in total. The molecule has 6 heteroatoms. The van der Waals surface area contributed by atoms with Crippen molar-refractivity contribution in [3.8, 4) is 11.5 Å². The Morgan fingerprint density at radius 1 is 0.794 bits per heavy atom. The van der Waals surface area contributed by atoms with Crippen molar-refractivity contribution >= 4 is 17.3 Å². The molecule has 1 fully saturated rings. The Morgan fingerprint density at radius 3 is 2.18 bits per heavy atom. The van der Waals surface area contributed by atoms with Gasteiger partial charge in [-0.3, -0.25) is 19.3 Å². The summed E-state index contributed by atoms with van der Waals surface area (Å²) in [7, 11) is 1.79. The minimum absolute atomic E-state index is 0.102. The summed E-state index contributed by atoms with van der Waals surface area (Å²) in [6.45, 7) is 0.468. The van der Waals surface area contributed by atoms with Gasteiger partial charge in [0.25, 0.3) is 0 Å². The Labute approximate surface area is 196 Å². The molecule has 0 bridgehead atoms. The zero-order valence-corrected chi connectivity index (χ0v) is 18.5. The molecule has 2 atom stereocenters. The molecule has 34 heavy (non-hydrogen) atoms. The maximum absolute atomic E-state index is 14.5. The number of para-hydroxylation sites is 1. The maximum Gasteiger partial charge on any atom is 0.231 e. The van der Waals surface area contributed by atoms with E-state index in [1.807, 2.05) is 47.4 Å². The van der Waals surface area contributed by atoms with Gasteiger partial charge in [-0.1, -0.05) is 60.7 Å². The first-order valence-corrected chi connectivity index (χ1v) is 11.4. The number of rotatable bonds is 1. The summed E-state index contributed by atoms with van der Waals surface area (Å²) in [6.07, 6.45) is 0.313. The van der Waals surface area contributed by atoms with Crippen LogP contribution in [-0.2, 0) is 6.42 Å². The molecule has 2 unspecified atom stereocenters. The third kappa shape index (κ3) is 2.00. The number of likely N-dealkylation sites (tertiary alicyclic amines) is 1. The van der Waals surface area contributed by atoms with Crippen LogP contribution in [0.15, 0.2) is 66.7 Å². The van der Waals surface area contributed by atoms with Gasteiger partial charge in [-0.25, -0.2) is 0 Å². The summed E-state index contributed by atoms with van der Waals surface area (Å²) in [6, 6.07) is 20.0. The Morgan fingerprint density at radius 2 is 1.47 bits per heavy atom. The normalized spacial score (nSPS) is 26.0.